The van der Waals surface area contributed by atoms with Crippen LogP contribution in [0.1, 0.15) is 11.1 Å². The first kappa shape index (κ1) is 12.1. The summed E-state index contributed by atoms with van der Waals surface area (Å²) < 4.78 is 0. The van der Waals surface area contributed by atoms with Crippen LogP contribution in [-0.2, 0) is 0 Å². The summed E-state index contributed by atoms with van der Waals surface area (Å²) in [5.41, 5.74) is 0.997. The van der Waals surface area contributed by atoms with E-state index in [0.29, 0.717) is 11.1 Å². The van der Waals surface area contributed by atoms with Gasteiger partial charge in [-0.05, 0) is 22.9 Å². The van der Waals surface area contributed by atoms with Crippen molar-refractivity contribution >= 4 is 34.0 Å². The summed E-state index contributed by atoms with van der Waals surface area (Å²) in [7, 11) is 0. The highest BCUT2D eigenvalue weighted by Crippen LogP contribution is 2.44. The summed E-state index contributed by atoms with van der Waals surface area (Å²) >= 11 is 4.70. The van der Waals surface area contributed by atoms with Crippen molar-refractivity contribution in [1.29, 1.82) is 10.5 Å². The molecule has 0 radical (unpaired) electrons. The van der Waals surface area contributed by atoms with Crippen LogP contribution in [-0.4, -0.2) is 0 Å². The second-order valence-corrected chi connectivity index (χ2v) is 6.60. The molecule has 0 saturated heterocycles. The fourth-order valence-electron chi connectivity index (χ4n) is 1.81. The molecule has 0 N–H and O–H groups in total. The van der Waals surface area contributed by atoms with Crippen LogP contribution in [0, 0.1) is 22.7 Å². The Balaban J connectivity index is 2.29. The van der Waals surface area contributed by atoms with Gasteiger partial charge in [0, 0.05) is 9.75 Å². The zero-order chi connectivity index (χ0) is 13.2. The van der Waals surface area contributed by atoms with Crippen molar-refractivity contribution < 1.29 is 0 Å². The van der Waals surface area contributed by atoms with Gasteiger partial charge in [0.05, 0.1) is 20.9 Å². The molecule has 0 spiro atoms. The Bertz CT molecular complexity index is 714. The second kappa shape index (κ2) is 4.99. The minimum Gasteiger partial charge on any atom is -0.192 e. The molecule has 0 aliphatic heterocycles. The molecule has 3 heterocycles. The van der Waals surface area contributed by atoms with E-state index in [4.69, 9.17) is 0 Å². The van der Waals surface area contributed by atoms with E-state index in [2.05, 4.69) is 12.1 Å². The molecule has 0 unspecified atom stereocenters. The average molecular weight is 298 g/mol. The molecule has 3 rings (SSSR count). The van der Waals surface area contributed by atoms with E-state index < -0.39 is 0 Å². The first-order chi connectivity index (χ1) is 9.35. The third kappa shape index (κ3) is 1.98. The van der Waals surface area contributed by atoms with Crippen molar-refractivity contribution in [2.75, 3.05) is 0 Å². The molecule has 0 aliphatic rings. The molecule has 5 heteroatoms. The summed E-state index contributed by atoms with van der Waals surface area (Å²) in [6.07, 6.45) is 0. The maximum atomic E-state index is 9.35. The Labute approximate surface area is 122 Å². The zero-order valence-electron chi connectivity index (χ0n) is 9.58. The quantitative estimate of drug-likeness (QED) is 0.672. The van der Waals surface area contributed by atoms with Gasteiger partial charge in [0.2, 0.25) is 0 Å². The largest absolute Gasteiger partial charge is 0.192 e. The SMILES string of the molecule is N#Cc1c(-c2cccs2)sc(-c2cccs2)c1C#N. The number of nitriles is 2. The van der Waals surface area contributed by atoms with Crippen LogP contribution >= 0.6 is 34.0 Å². The summed E-state index contributed by atoms with van der Waals surface area (Å²) in [5, 5.41) is 22.7. The highest BCUT2D eigenvalue weighted by atomic mass is 32.1. The third-order valence-corrected chi connectivity index (χ3v) is 5.91. The van der Waals surface area contributed by atoms with E-state index in [1.807, 2.05) is 35.0 Å². The van der Waals surface area contributed by atoms with Crippen molar-refractivity contribution in [2.45, 2.75) is 0 Å². The van der Waals surface area contributed by atoms with Crippen LogP contribution in [0.2, 0.25) is 0 Å². The minimum atomic E-state index is 0.498. The van der Waals surface area contributed by atoms with E-state index in [1.54, 1.807) is 22.7 Å². The van der Waals surface area contributed by atoms with E-state index >= 15 is 0 Å². The van der Waals surface area contributed by atoms with Gasteiger partial charge in [0.15, 0.2) is 0 Å². The van der Waals surface area contributed by atoms with Crippen LogP contribution < -0.4 is 0 Å². The summed E-state index contributed by atoms with van der Waals surface area (Å²) in [6, 6.07) is 12.2. The first-order valence-electron chi connectivity index (χ1n) is 5.40. The lowest BCUT2D eigenvalue weighted by Crippen LogP contribution is -1.80. The fraction of sp³-hybridized carbons (Fsp3) is 0. The van der Waals surface area contributed by atoms with Crippen molar-refractivity contribution in [2.24, 2.45) is 0 Å². The predicted molar refractivity (Wildman–Crippen MR) is 80.4 cm³/mol. The van der Waals surface area contributed by atoms with Gasteiger partial charge >= 0.3 is 0 Å². The fourth-order valence-corrected chi connectivity index (χ4v) is 4.73. The van der Waals surface area contributed by atoms with Crippen LogP contribution in [0.25, 0.3) is 19.5 Å². The highest BCUT2D eigenvalue weighted by molar-refractivity contribution is 7.26. The van der Waals surface area contributed by atoms with Gasteiger partial charge in [-0.25, -0.2) is 0 Å². The molecule has 3 aromatic rings. The van der Waals surface area contributed by atoms with E-state index in [-0.39, 0.29) is 0 Å². The Morgan fingerprint density at radius 1 is 0.789 bits per heavy atom. The molecule has 19 heavy (non-hydrogen) atoms. The van der Waals surface area contributed by atoms with E-state index in [1.165, 1.54) is 11.3 Å². The number of hydrogen-bond acceptors (Lipinski definition) is 5. The Kier molecular flexibility index (Phi) is 3.18. The summed E-state index contributed by atoms with van der Waals surface area (Å²) in [4.78, 5) is 3.89. The molecule has 90 valence electrons. The predicted octanol–water partition coefficient (Wildman–Crippen LogP) is 4.95. The van der Waals surface area contributed by atoms with Gasteiger partial charge < -0.3 is 0 Å². The topological polar surface area (TPSA) is 47.6 Å². The molecule has 0 aromatic carbocycles. The monoisotopic (exact) mass is 298 g/mol. The molecule has 0 atom stereocenters. The number of hydrogen-bond donors (Lipinski definition) is 0. The molecule has 0 fully saturated rings. The summed E-state index contributed by atoms with van der Waals surface area (Å²) in [5.74, 6) is 0. The minimum absolute atomic E-state index is 0.498. The second-order valence-electron chi connectivity index (χ2n) is 3.69. The summed E-state index contributed by atoms with van der Waals surface area (Å²) in [6.45, 7) is 0. The molecule has 0 saturated carbocycles. The van der Waals surface area contributed by atoms with Crippen LogP contribution in [0.4, 0.5) is 0 Å². The van der Waals surface area contributed by atoms with Crippen molar-refractivity contribution in [3.05, 3.63) is 46.2 Å². The van der Waals surface area contributed by atoms with Gasteiger partial charge in [-0.3, -0.25) is 0 Å². The number of thiophene rings is 3. The lowest BCUT2D eigenvalue weighted by atomic mass is 10.1. The van der Waals surface area contributed by atoms with E-state index in [0.717, 1.165) is 19.5 Å². The molecule has 0 bridgehead atoms. The van der Waals surface area contributed by atoms with Crippen molar-refractivity contribution in [3.8, 4) is 31.6 Å². The molecular formula is C14H6N2S3. The van der Waals surface area contributed by atoms with Crippen LogP contribution in [0.15, 0.2) is 35.0 Å². The standard InChI is InChI=1S/C14H6N2S3/c15-7-9-10(8-16)14(12-4-2-6-18-12)19-13(9)11-3-1-5-17-11/h1-6H. The van der Waals surface area contributed by atoms with Crippen molar-refractivity contribution in [1.82, 2.24) is 0 Å². The molecular weight excluding hydrogens is 292 g/mol. The first-order valence-corrected chi connectivity index (χ1v) is 7.97. The lowest BCUT2D eigenvalue weighted by molar-refractivity contribution is 1.47. The van der Waals surface area contributed by atoms with Gasteiger partial charge in [0.1, 0.15) is 12.1 Å². The van der Waals surface area contributed by atoms with Gasteiger partial charge in [-0.1, -0.05) is 12.1 Å². The normalized spacial score (nSPS) is 10.0. The van der Waals surface area contributed by atoms with Crippen molar-refractivity contribution in [3.63, 3.8) is 0 Å². The Morgan fingerprint density at radius 2 is 1.26 bits per heavy atom. The Hall–Kier alpha value is -1.92. The molecule has 3 aromatic heterocycles. The highest BCUT2D eigenvalue weighted by Gasteiger charge is 2.21. The average Bonchev–Trinajstić information content (AvgIpc) is 3.16. The number of nitrogens with zero attached hydrogens (tertiary/aromatic N) is 2. The molecule has 2 nitrogen and oxygen atoms in total. The zero-order valence-corrected chi connectivity index (χ0v) is 12.0. The van der Waals surface area contributed by atoms with Gasteiger partial charge in [-0.15, -0.1) is 34.0 Å². The van der Waals surface area contributed by atoms with Crippen LogP contribution in [0.5, 0.6) is 0 Å². The smallest absolute Gasteiger partial charge is 0.102 e. The third-order valence-electron chi connectivity index (χ3n) is 2.62. The number of rotatable bonds is 2. The van der Waals surface area contributed by atoms with E-state index in [9.17, 15) is 10.5 Å². The van der Waals surface area contributed by atoms with Crippen LogP contribution in [0.3, 0.4) is 0 Å². The Morgan fingerprint density at radius 3 is 1.58 bits per heavy atom. The van der Waals surface area contributed by atoms with Gasteiger partial charge in [0.25, 0.3) is 0 Å². The maximum Gasteiger partial charge on any atom is 0.102 e. The van der Waals surface area contributed by atoms with Gasteiger partial charge in [-0.2, -0.15) is 10.5 Å². The molecule has 0 amide bonds. The molecule has 0 aliphatic carbocycles. The maximum absolute atomic E-state index is 9.35. The lowest BCUT2D eigenvalue weighted by Gasteiger charge is -1.91.